The molecular weight excluding hydrogens is 278 g/mol. The van der Waals surface area contributed by atoms with Crippen molar-refractivity contribution >= 4 is 10.0 Å². The Balaban J connectivity index is 2.52. The van der Waals surface area contributed by atoms with Gasteiger partial charge in [0.05, 0.1) is 31.8 Å². The van der Waals surface area contributed by atoms with E-state index in [1.807, 2.05) is 0 Å². The van der Waals surface area contributed by atoms with Crippen LogP contribution in [-0.2, 0) is 14.8 Å². The molecule has 1 heterocycles. The predicted molar refractivity (Wildman–Crippen MR) is 76.3 cm³/mol. The topological polar surface area (TPSA) is 55.8 Å². The Kier molecular flexibility index (Phi) is 4.06. The molecule has 0 saturated carbocycles. The minimum Gasteiger partial charge on any atom is -0.497 e. The van der Waals surface area contributed by atoms with Gasteiger partial charge in [-0.05, 0) is 37.1 Å². The van der Waals surface area contributed by atoms with E-state index in [2.05, 4.69) is 6.58 Å². The fourth-order valence-electron chi connectivity index (χ4n) is 2.40. The van der Waals surface area contributed by atoms with Crippen LogP contribution in [0.3, 0.4) is 0 Å². The standard InChI is InChI=1S/C14H19NO4S/c1-10-7-13(18-4)8-11(2)14(10)20(16,17)15-5-6-19-9-12(15)3/h7-8H,3,5-6,9H2,1-2,4H3. The Morgan fingerprint density at radius 1 is 1.30 bits per heavy atom. The summed E-state index contributed by atoms with van der Waals surface area (Å²) < 4.78 is 37.3. The number of hydrogen-bond donors (Lipinski definition) is 0. The number of nitrogens with zero attached hydrogens (tertiary/aromatic N) is 1. The highest BCUT2D eigenvalue weighted by molar-refractivity contribution is 7.89. The first-order chi connectivity index (χ1) is 9.37. The van der Waals surface area contributed by atoms with Crippen molar-refractivity contribution < 1.29 is 17.9 Å². The van der Waals surface area contributed by atoms with Crippen molar-refractivity contribution in [3.05, 3.63) is 35.5 Å². The second-order valence-electron chi connectivity index (χ2n) is 4.79. The van der Waals surface area contributed by atoms with Gasteiger partial charge in [0.1, 0.15) is 5.75 Å². The summed E-state index contributed by atoms with van der Waals surface area (Å²) in [6.07, 6.45) is 0. The molecule has 6 heteroatoms. The molecule has 0 atom stereocenters. The van der Waals surface area contributed by atoms with Gasteiger partial charge in [0.2, 0.25) is 0 Å². The second kappa shape index (κ2) is 5.46. The first kappa shape index (κ1) is 14.9. The van der Waals surface area contributed by atoms with Gasteiger partial charge < -0.3 is 9.47 Å². The molecule has 2 rings (SSSR count). The van der Waals surface area contributed by atoms with Crippen molar-refractivity contribution in [1.82, 2.24) is 4.31 Å². The fraction of sp³-hybridized carbons (Fsp3) is 0.429. The molecule has 1 aromatic rings. The van der Waals surface area contributed by atoms with E-state index in [9.17, 15) is 8.42 Å². The normalized spacial score (nSPS) is 16.4. The van der Waals surface area contributed by atoms with Gasteiger partial charge in [0, 0.05) is 5.70 Å². The van der Waals surface area contributed by atoms with E-state index in [0.717, 1.165) is 0 Å². The van der Waals surface area contributed by atoms with Crippen LogP contribution < -0.4 is 4.74 Å². The van der Waals surface area contributed by atoms with Crippen LogP contribution in [0.15, 0.2) is 29.3 Å². The third-order valence-corrected chi connectivity index (χ3v) is 5.46. The average molecular weight is 297 g/mol. The van der Waals surface area contributed by atoms with Gasteiger partial charge in [-0.25, -0.2) is 8.42 Å². The summed E-state index contributed by atoms with van der Waals surface area (Å²) in [5, 5.41) is 0. The minimum atomic E-state index is -3.60. The average Bonchev–Trinajstić information content (AvgIpc) is 2.37. The van der Waals surface area contributed by atoms with Gasteiger partial charge in [-0.3, -0.25) is 4.31 Å². The Hall–Kier alpha value is -1.53. The van der Waals surface area contributed by atoms with Crippen molar-refractivity contribution in [2.24, 2.45) is 0 Å². The van der Waals surface area contributed by atoms with Gasteiger partial charge in [-0.1, -0.05) is 6.58 Å². The molecule has 1 aliphatic rings. The monoisotopic (exact) mass is 297 g/mol. The van der Waals surface area contributed by atoms with Crippen LogP contribution in [0.4, 0.5) is 0 Å². The maximum absolute atomic E-state index is 12.8. The number of ether oxygens (including phenoxy) is 2. The Bertz CT molecular complexity index is 614. The fourth-order valence-corrected chi connectivity index (χ4v) is 4.26. The van der Waals surface area contributed by atoms with E-state index in [1.165, 1.54) is 4.31 Å². The number of rotatable bonds is 3. The van der Waals surface area contributed by atoms with Gasteiger partial charge in [0.25, 0.3) is 10.0 Å². The number of aryl methyl sites for hydroxylation is 2. The SMILES string of the molecule is C=C1COCCN1S(=O)(=O)c1c(C)cc(OC)cc1C. The summed E-state index contributed by atoms with van der Waals surface area (Å²) in [5.74, 6) is 0.653. The van der Waals surface area contributed by atoms with Crippen molar-refractivity contribution in [2.75, 3.05) is 26.9 Å². The maximum Gasteiger partial charge on any atom is 0.264 e. The van der Waals surface area contributed by atoms with Crippen molar-refractivity contribution in [3.63, 3.8) is 0 Å². The van der Waals surface area contributed by atoms with Crippen molar-refractivity contribution in [1.29, 1.82) is 0 Å². The first-order valence-corrected chi connectivity index (χ1v) is 7.75. The lowest BCUT2D eigenvalue weighted by Crippen LogP contribution is -2.39. The minimum absolute atomic E-state index is 0.244. The van der Waals surface area contributed by atoms with E-state index in [1.54, 1.807) is 33.1 Å². The van der Waals surface area contributed by atoms with E-state index >= 15 is 0 Å². The molecule has 0 unspecified atom stereocenters. The van der Waals surface area contributed by atoms with Crippen LogP contribution in [0.25, 0.3) is 0 Å². The number of morpholine rings is 1. The summed E-state index contributed by atoms with van der Waals surface area (Å²) in [7, 11) is -2.04. The van der Waals surface area contributed by atoms with Gasteiger partial charge >= 0.3 is 0 Å². The number of methoxy groups -OCH3 is 1. The number of benzene rings is 1. The Labute approximate surface area is 119 Å². The summed E-state index contributed by atoms with van der Waals surface area (Å²) in [4.78, 5) is 0.321. The van der Waals surface area contributed by atoms with E-state index in [4.69, 9.17) is 9.47 Å². The zero-order valence-electron chi connectivity index (χ0n) is 12.0. The highest BCUT2D eigenvalue weighted by Crippen LogP contribution is 2.30. The van der Waals surface area contributed by atoms with Crippen LogP contribution >= 0.6 is 0 Å². The lowest BCUT2D eigenvalue weighted by molar-refractivity contribution is 0.103. The molecule has 1 aromatic carbocycles. The van der Waals surface area contributed by atoms with Crippen LogP contribution in [0, 0.1) is 13.8 Å². The molecule has 0 radical (unpaired) electrons. The zero-order chi connectivity index (χ0) is 14.9. The molecule has 1 aliphatic heterocycles. The van der Waals surface area contributed by atoms with E-state index in [-0.39, 0.29) is 6.61 Å². The van der Waals surface area contributed by atoms with Crippen LogP contribution in [0.2, 0.25) is 0 Å². The van der Waals surface area contributed by atoms with Gasteiger partial charge in [0.15, 0.2) is 0 Å². The molecule has 5 nitrogen and oxygen atoms in total. The predicted octanol–water partition coefficient (Wildman–Crippen LogP) is 1.85. The first-order valence-electron chi connectivity index (χ1n) is 6.31. The molecule has 110 valence electrons. The Morgan fingerprint density at radius 2 is 1.90 bits per heavy atom. The highest BCUT2D eigenvalue weighted by atomic mass is 32.2. The van der Waals surface area contributed by atoms with Crippen LogP contribution in [0.5, 0.6) is 5.75 Å². The lowest BCUT2D eigenvalue weighted by atomic mass is 10.1. The highest BCUT2D eigenvalue weighted by Gasteiger charge is 2.30. The van der Waals surface area contributed by atoms with Crippen molar-refractivity contribution in [2.45, 2.75) is 18.7 Å². The summed E-state index contributed by atoms with van der Waals surface area (Å²) >= 11 is 0. The van der Waals surface area contributed by atoms with Gasteiger partial charge in [-0.15, -0.1) is 0 Å². The molecule has 0 bridgehead atoms. The molecule has 20 heavy (non-hydrogen) atoms. The van der Waals surface area contributed by atoms with E-state index in [0.29, 0.717) is 40.6 Å². The quantitative estimate of drug-likeness (QED) is 0.854. The second-order valence-corrected chi connectivity index (χ2v) is 6.59. The molecule has 0 aliphatic carbocycles. The molecule has 1 saturated heterocycles. The van der Waals surface area contributed by atoms with E-state index < -0.39 is 10.0 Å². The molecule has 0 aromatic heterocycles. The van der Waals surface area contributed by atoms with Crippen LogP contribution in [0.1, 0.15) is 11.1 Å². The zero-order valence-corrected chi connectivity index (χ0v) is 12.8. The summed E-state index contributed by atoms with van der Waals surface area (Å²) in [6, 6.07) is 3.45. The van der Waals surface area contributed by atoms with Crippen LogP contribution in [-0.4, -0.2) is 39.6 Å². The third-order valence-electron chi connectivity index (χ3n) is 3.28. The molecule has 0 amide bonds. The molecule has 0 spiro atoms. The molecule has 1 fully saturated rings. The smallest absolute Gasteiger partial charge is 0.264 e. The number of sulfonamides is 1. The largest absolute Gasteiger partial charge is 0.497 e. The molecule has 0 N–H and O–H groups in total. The molecular formula is C14H19NO4S. The number of hydrogen-bond acceptors (Lipinski definition) is 4. The maximum atomic E-state index is 12.8. The third kappa shape index (κ3) is 2.53. The van der Waals surface area contributed by atoms with Crippen molar-refractivity contribution in [3.8, 4) is 5.75 Å². The lowest BCUT2D eigenvalue weighted by Gasteiger charge is -2.31. The summed E-state index contributed by atoms with van der Waals surface area (Å²) in [5.41, 5.74) is 1.80. The summed E-state index contributed by atoms with van der Waals surface area (Å²) in [6.45, 7) is 8.24. The van der Waals surface area contributed by atoms with Gasteiger partial charge in [-0.2, -0.15) is 0 Å². The Morgan fingerprint density at radius 3 is 2.40 bits per heavy atom.